The predicted molar refractivity (Wildman–Crippen MR) is 86.1 cm³/mol. The highest BCUT2D eigenvalue weighted by Crippen LogP contribution is 2.14. The lowest BCUT2D eigenvalue weighted by Gasteiger charge is -2.29. The van der Waals surface area contributed by atoms with Crippen LogP contribution >= 0.6 is 0 Å². The Morgan fingerprint density at radius 2 is 2.05 bits per heavy atom. The molecule has 6 nitrogen and oxygen atoms in total. The van der Waals surface area contributed by atoms with Gasteiger partial charge in [-0.3, -0.25) is 4.90 Å². The van der Waals surface area contributed by atoms with Gasteiger partial charge in [0, 0.05) is 51.5 Å². The molecular formula is C15H27N5O. The van der Waals surface area contributed by atoms with Gasteiger partial charge in [0.15, 0.2) is 0 Å². The van der Waals surface area contributed by atoms with Crippen LogP contribution in [0.2, 0.25) is 0 Å². The van der Waals surface area contributed by atoms with Crippen LogP contribution < -0.4 is 10.2 Å². The Hall–Kier alpha value is -1.40. The standard InChI is InChI=1S/C15H27N5O/c1-5-13-10-14(18-15(17-13)19(3)4)16-12(2)11-20-6-8-21-9-7-20/h10,12H,5-9,11H2,1-4H3,(H,16,17,18)/t12-/m0/s1. The first kappa shape index (κ1) is 16.0. The SMILES string of the molecule is CCc1cc(N[C@@H](C)CN2CCOCC2)nc(N(C)C)n1. The summed E-state index contributed by atoms with van der Waals surface area (Å²) in [6.07, 6.45) is 0.913. The van der Waals surface area contributed by atoms with Gasteiger partial charge in [0.1, 0.15) is 5.82 Å². The zero-order valence-electron chi connectivity index (χ0n) is 13.6. The second-order valence-corrected chi connectivity index (χ2v) is 5.75. The number of hydrogen-bond acceptors (Lipinski definition) is 6. The van der Waals surface area contributed by atoms with Gasteiger partial charge in [-0.2, -0.15) is 4.98 Å². The van der Waals surface area contributed by atoms with E-state index in [0.717, 1.165) is 56.7 Å². The minimum absolute atomic E-state index is 0.345. The van der Waals surface area contributed by atoms with Crippen LogP contribution in [0.15, 0.2) is 6.07 Å². The van der Waals surface area contributed by atoms with Crippen LogP contribution in [0.4, 0.5) is 11.8 Å². The van der Waals surface area contributed by atoms with E-state index in [0.29, 0.717) is 6.04 Å². The molecule has 0 aromatic carbocycles. The zero-order chi connectivity index (χ0) is 15.2. The highest BCUT2D eigenvalue weighted by atomic mass is 16.5. The van der Waals surface area contributed by atoms with Crippen molar-refractivity contribution in [2.24, 2.45) is 0 Å². The van der Waals surface area contributed by atoms with Gasteiger partial charge in [0.05, 0.1) is 13.2 Å². The molecule has 1 aliphatic heterocycles. The molecule has 0 saturated carbocycles. The minimum Gasteiger partial charge on any atom is -0.379 e. The molecule has 1 N–H and O–H groups in total. The summed E-state index contributed by atoms with van der Waals surface area (Å²) in [5, 5.41) is 3.50. The van der Waals surface area contributed by atoms with Crippen LogP contribution in [0.5, 0.6) is 0 Å². The smallest absolute Gasteiger partial charge is 0.226 e. The maximum atomic E-state index is 5.38. The summed E-state index contributed by atoms with van der Waals surface area (Å²) in [5.74, 6) is 1.67. The summed E-state index contributed by atoms with van der Waals surface area (Å²) in [6.45, 7) is 9.02. The molecule has 1 aromatic heterocycles. The van der Waals surface area contributed by atoms with Crippen molar-refractivity contribution in [1.29, 1.82) is 0 Å². The van der Waals surface area contributed by atoms with Gasteiger partial charge in [-0.1, -0.05) is 6.92 Å². The van der Waals surface area contributed by atoms with E-state index in [4.69, 9.17) is 4.74 Å². The van der Waals surface area contributed by atoms with Crippen LogP contribution in [0.3, 0.4) is 0 Å². The van der Waals surface area contributed by atoms with Crippen molar-refractivity contribution in [1.82, 2.24) is 14.9 Å². The Morgan fingerprint density at radius 3 is 2.67 bits per heavy atom. The average molecular weight is 293 g/mol. The number of hydrogen-bond donors (Lipinski definition) is 1. The van der Waals surface area contributed by atoms with Gasteiger partial charge in [0.2, 0.25) is 5.95 Å². The minimum atomic E-state index is 0.345. The first-order chi connectivity index (χ1) is 10.1. The van der Waals surface area contributed by atoms with Gasteiger partial charge < -0.3 is 15.0 Å². The fraction of sp³-hybridized carbons (Fsp3) is 0.733. The molecule has 1 atom stereocenters. The van der Waals surface area contributed by atoms with E-state index in [1.54, 1.807) is 0 Å². The van der Waals surface area contributed by atoms with Crippen molar-refractivity contribution in [3.8, 4) is 0 Å². The fourth-order valence-electron chi connectivity index (χ4n) is 2.41. The molecule has 1 fully saturated rings. The summed E-state index contributed by atoms with van der Waals surface area (Å²) in [5.41, 5.74) is 1.06. The maximum Gasteiger partial charge on any atom is 0.226 e. The topological polar surface area (TPSA) is 53.5 Å². The molecule has 0 unspecified atom stereocenters. The van der Waals surface area contributed by atoms with Crippen LogP contribution in [-0.4, -0.2) is 67.9 Å². The third kappa shape index (κ3) is 4.82. The second kappa shape index (κ2) is 7.56. The van der Waals surface area contributed by atoms with Crippen molar-refractivity contribution < 1.29 is 4.74 Å². The van der Waals surface area contributed by atoms with Gasteiger partial charge in [0.25, 0.3) is 0 Å². The fourth-order valence-corrected chi connectivity index (χ4v) is 2.41. The van der Waals surface area contributed by atoms with E-state index >= 15 is 0 Å². The van der Waals surface area contributed by atoms with Crippen LogP contribution in [-0.2, 0) is 11.2 Å². The van der Waals surface area contributed by atoms with Crippen LogP contribution in [0.25, 0.3) is 0 Å². The molecule has 118 valence electrons. The Kier molecular flexibility index (Phi) is 5.76. The Morgan fingerprint density at radius 1 is 1.33 bits per heavy atom. The average Bonchev–Trinajstić information content (AvgIpc) is 2.47. The molecule has 0 spiro atoms. The van der Waals surface area contributed by atoms with Gasteiger partial charge in [-0.05, 0) is 13.3 Å². The molecule has 0 amide bonds. The third-order valence-electron chi connectivity index (χ3n) is 3.56. The third-order valence-corrected chi connectivity index (χ3v) is 3.56. The van der Waals surface area contributed by atoms with E-state index in [-0.39, 0.29) is 0 Å². The van der Waals surface area contributed by atoms with Crippen molar-refractivity contribution in [2.45, 2.75) is 26.3 Å². The molecule has 0 radical (unpaired) electrons. The normalized spacial score (nSPS) is 17.5. The molecule has 6 heteroatoms. The summed E-state index contributed by atoms with van der Waals surface area (Å²) < 4.78 is 5.38. The number of aryl methyl sites for hydroxylation is 1. The Balaban J connectivity index is 1.98. The number of morpholine rings is 1. The molecule has 2 rings (SSSR count). The van der Waals surface area contributed by atoms with E-state index < -0.39 is 0 Å². The van der Waals surface area contributed by atoms with E-state index in [2.05, 4.69) is 34.0 Å². The molecule has 1 aromatic rings. The molecule has 0 bridgehead atoms. The molecule has 0 aliphatic carbocycles. The number of rotatable bonds is 6. The summed E-state index contributed by atoms with van der Waals surface area (Å²) in [7, 11) is 3.94. The predicted octanol–water partition coefficient (Wildman–Crippen LogP) is 1.24. The van der Waals surface area contributed by atoms with Crippen LogP contribution in [0, 0.1) is 0 Å². The van der Waals surface area contributed by atoms with Gasteiger partial charge in [-0.25, -0.2) is 4.98 Å². The van der Waals surface area contributed by atoms with Gasteiger partial charge in [-0.15, -0.1) is 0 Å². The van der Waals surface area contributed by atoms with Gasteiger partial charge >= 0.3 is 0 Å². The van der Waals surface area contributed by atoms with E-state index in [9.17, 15) is 0 Å². The molecule has 1 aliphatic rings. The Labute approximate surface area is 127 Å². The number of aromatic nitrogens is 2. The van der Waals surface area contributed by atoms with Crippen LogP contribution in [0.1, 0.15) is 19.5 Å². The number of nitrogens with zero attached hydrogens (tertiary/aromatic N) is 4. The second-order valence-electron chi connectivity index (χ2n) is 5.75. The Bertz CT molecular complexity index is 446. The zero-order valence-corrected chi connectivity index (χ0v) is 13.6. The largest absolute Gasteiger partial charge is 0.379 e. The highest BCUT2D eigenvalue weighted by molar-refractivity contribution is 5.43. The lowest BCUT2D eigenvalue weighted by atomic mass is 10.2. The summed E-state index contributed by atoms with van der Waals surface area (Å²) in [6, 6.07) is 2.39. The summed E-state index contributed by atoms with van der Waals surface area (Å²) >= 11 is 0. The van der Waals surface area contributed by atoms with Crippen molar-refractivity contribution in [2.75, 3.05) is 57.2 Å². The van der Waals surface area contributed by atoms with E-state index in [1.807, 2.05) is 25.1 Å². The highest BCUT2D eigenvalue weighted by Gasteiger charge is 2.14. The van der Waals surface area contributed by atoms with E-state index in [1.165, 1.54) is 0 Å². The molecule has 2 heterocycles. The van der Waals surface area contributed by atoms with Crippen molar-refractivity contribution >= 4 is 11.8 Å². The van der Waals surface area contributed by atoms with Crippen molar-refractivity contribution in [3.63, 3.8) is 0 Å². The first-order valence-corrected chi connectivity index (χ1v) is 7.70. The maximum absolute atomic E-state index is 5.38. The van der Waals surface area contributed by atoms with Crippen molar-refractivity contribution in [3.05, 3.63) is 11.8 Å². The number of ether oxygens (including phenoxy) is 1. The molecule has 1 saturated heterocycles. The quantitative estimate of drug-likeness (QED) is 0.851. The lowest BCUT2D eigenvalue weighted by Crippen LogP contribution is -2.42. The molecule has 21 heavy (non-hydrogen) atoms. The summed E-state index contributed by atoms with van der Waals surface area (Å²) in [4.78, 5) is 13.5. The lowest BCUT2D eigenvalue weighted by molar-refractivity contribution is 0.0368. The molecular weight excluding hydrogens is 266 g/mol. The monoisotopic (exact) mass is 293 g/mol. The number of anilines is 2. The first-order valence-electron chi connectivity index (χ1n) is 7.70. The number of nitrogens with one attached hydrogen (secondary N) is 1.